The quantitative estimate of drug-likeness (QED) is 0.545. The van der Waals surface area contributed by atoms with Crippen LogP contribution in [0.2, 0.25) is 4.34 Å². The lowest BCUT2D eigenvalue weighted by molar-refractivity contribution is -0.133. The summed E-state index contributed by atoms with van der Waals surface area (Å²) in [7, 11) is 0. The fraction of sp³-hybridized carbons (Fsp3) is 0.318. The molecule has 3 heterocycles. The van der Waals surface area contributed by atoms with Gasteiger partial charge in [-0.05, 0) is 36.4 Å². The lowest BCUT2D eigenvalue weighted by Crippen LogP contribution is -2.48. The normalized spacial score (nSPS) is 15.0. The van der Waals surface area contributed by atoms with Gasteiger partial charge in [0.05, 0.1) is 9.90 Å². The minimum atomic E-state index is -0.313. The Morgan fingerprint density at radius 1 is 1.07 bits per heavy atom. The first-order chi connectivity index (χ1) is 14.1. The second kappa shape index (κ2) is 9.11. The Morgan fingerprint density at radius 3 is 2.59 bits per heavy atom. The Balaban J connectivity index is 1.25. The lowest BCUT2D eigenvalue weighted by atomic mass is 10.1. The standard InChI is InChI=1S/C22H22ClFN2O2S/c23-21-9-7-17(29-21)15-25-11-13-26(14-12-25)22(27)10-6-16-5-8-20(28-16)18-3-1-2-4-19(18)24/h1-5,7-9H,6,10-15H2. The zero-order chi connectivity index (χ0) is 20.2. The fourth-order valence-electron chi connectivity index (χ4n) is 3.52. The molecule has 0 N–H and O–H groups in total. The van der Waals surface area contributed by atoms with Crippen molar-refractivity contribution >= 4 is 28.8 Å². The summed E-state index contributed by atoms with van der Waals surface area (Å²) in [6.07, 6.45) is 0.909. The highest BCUT2D eigenvalue weighted by Gasteiger charge is 2.21. The topological polar surface area (TPSA) is 36.7 Å². The van der Waals surface area contributed by atoms with Gasteiger partial charge in [-0.25, -0.2) is 4.39 Å². The van der Waals surface area contributed by atoms with Gasteiger partial charge in [-0.3, -0.25) is 9.69 Å². The Kier molecular flexibility index (Phi) is 6.33. The first-order valence-corrected chi connectivity index (χ1v) is 10.9. The SMILES string of the molecule is O=C(CCc1ccc(-c2ccccc2F)o1)N1CCN(Cc2ccc(Cl)s2)CC1. The maximum atomic E-state index is 13.9. The van der Waals surface area contributed by atoms with Crippen molar-refractivity contribution < 1.29 is 13.6 Å². The average molecular weight is 433 g/mol. The first kappa shape index (κ1) is 20.1. The van der Waals surface area contributed by atoms with Gasteiger partial charge in [0.25, 0.3) is 0 Å². The molecule has 1 amide bonds. The van der Waals surface area contributed by atoms with Gasteiger partial charge in [0.1, 0.15) is 17.3 Å². The molecule has 1 aliphatic heterocycles. The number of rotatable bonds is 6. The summed E-state index contributed by atoms with van der Waals surface area (Å²) >= 11 is 7.60. The van der Waals surface area contributed by atoms with Crippen molar-refractivity contribution in [2.45, 2.75) is 19.4 Å². The molecule has 152 valence electrons. The fourth-order valence-corrected chi connectivity index (χ4v) is 4.65. The van der Waals surface area contributed by atoms with Gasteiger partial charge >= 0.3 is 0 Å². The maximum absolute atomic E-state index is 13.9. The zero-order valence-electron chi connectivity index (χ0n) is 15.9. The second-order valence-electron chi connectivity index (χ2n) is 7.11. The Morgan fingerprint density at radius 2 is 1.86 bits per heavy atom. The number of thiophene rings is 1. The van der Waals surface area contributed by atoms with E-state index in [2.05, 4.69) is 11.0 Å². The number of aryl methyl sites for hydroxylation is 1. The average Bonchev–Trinajstić information content (AvgIpc) is 3.36. The molecule has 1 fully saturated rings. The summed E-state index contributed by atoms with van der Waals surface area (Å²) in [4.78, 5) is 18.1. The van der Waals surface area contributed by atoms with Crippen LogP contribution in [-0.4, -0.2) is 41.9 Å². The number of furan rings is 1. The van der Waals surface area contributed by atoms with Gasteiger partial charge < -0.3 is 9.32 Å². The van der Waals surface area contributed by atoms with Gasteiger partial charge in [0, 0.05) is 50.4 Å². The summed E-state index contributed by atoms with van der Waals surface area (Å²) in [5.74, 6) is 1.01. The van der Waals surface area contributed by atoms with Crippen LogP contribution in [0, 0.1) is 5.82 Å². The molecule has 0 atom stereocenters. The molecule has 0 unspecified atom stereocenters. The highest BCUT2D eigenvalue weighted by atomic mass is 35.5. The third-order valence-electron chi connectivity index (χ3n) is 5.12. The highest BCUT2D eigenvalue weighted by Crippen LogP contribution is 2.26. The van der Waals surface area contributed by atoms with E-state index >= 15 is 0 Å². The zero-order valence-corrected chi connectivity index (χ0v) is 17.5. The van der Waals surface area contributed by atoms with E-state index in [0.717, 1.165) is 37.1 Å². The van der Waals surface area contributed by atoms with Crippen molar-refractivity contribution in [3.63, 3.8) is 0 Å². The van der Waals surface area contributed by atoms with Crippen LogP contribution in [0.3, 0.4) is 0 Å². The van der Waals surface area contributed by atoms with Crippen LogP contribution in [0.25, 0.3) is 11.3 Å². The largest absolute Gasteiger partial charge is 0.461 e. The Labute approximate surface area is 178 Å². The predicted octanol–water partition coefficient (Wildman–Crippen LogP) is 5.08. The van der Waals surface area contributed by atoms with Gasteiger partial charge in [-0.15, -0.1) is 11.3 Å². The minimum Gasteiger partial charge on any atom is -0.461 e. The summed E-state index contributed by atoms with van der Waals surface area (Å²) < 4.78 is 20.4. The van der Waals surface area contributed by atoms with Crippen LogP contribution in [0.1, 0.15) is 17.1 Å². The molecule has 4 rings (SSSR count). The molecule has 1 saturated heterocycles. The van der Waals surface area contributed by atoms with Crippen LogP contribution in [0.4, 0.5) is 4.39 Å². The summed E-state index contributed by atoms with van der Waals surface area (Å²) in [6.45, 7) is 4.07. The number of halogens is 2. The predicted molar refractivity (Wildman–Crippen MR) is 114 cm³/mol. The van der Waals surface area contributed by atoms with E-state index in [-0.39, 0.29) is 11.7 Å². The number of hydrogen-bond acceptors (Lipinski definition) is 4. The van der Waals surface area contributed by atoms with E-state index in [1.807, 2.05) is 17.0 Å². The monoisotopic (exact) mass is 432 g/mol. The third kappa shape index (κ3) is 5.07. The number of amides is 1. The second-order valence-corrected chi connectivity index (χ2v) is 8.91. The molecule has 3 aromatic rings. The molecule has 29 heavy (non-hydrogen) atoms. The molecule has 7 heteroatoms. The first-order valence-electron chi connectivity index (χ1n) is 9.66. The highest BCUT2D eigenvalue weighted by molar-refractivity contribution is 7.16. The summed E-state index contributed by atoms with van der Waals surface area (Å²) in [5, 5.41) is 0. The van der Waals surface area contributed by atoms with Gasteiger partial charge in [0.15, 0.2) is 0 Å². The number of carbonyl (C=O) groups is 1. The minimum absolute atomic E-state index is 0.132. The number of carbonyl (C=O) groups excluding carboxylic acids is 1. The number of piperazine rings is 1. The molecular formula is C22H22ClFN2O2S. The van der Waals surface area contributed by atoms with Crippen molar-refractivity contribution in [1.82, 2.24) is 9.80 Å². The molecule has 1 aliphatic rings. The molecule has 4 nitrogen and oxygen atoms in total. The van der Waals surface area contributed by atoms with Crippen molar-refractivity contribution in [1.29, 1.82) is 0 Å². The Hall–Kier alpha value is -2.15. The van der Waals surface area contributed by atoms with Crippen molar-refractivity contribution in [2.75, 3.05) is 26.2 Å². The van der Waals surface area contributed by atoms with Crippen LogP contribution in [0.15, 0.2) is 52.9 Å². The van der Waals surface area contributed by atoms with Crippen LogP contribution >= 0.6 is 22.9 Å². The van der Waals surface area contributed by atoms with Crippen molar-refractivity contribution in [3.05, 3.63) is 69.3 Å². The number of hydrogen-bond donors (Lipinski definition) is 0. The van der Waals surface area contributed by atoms with Crippen molar-refractivity contribution in [3.8, 4) is 11.3 Å². The van der Waals surface area contributed by atoms with Gasteiger partial charge in [-0.2, -0.15) is 0 Å². The lowest BCUT2D eigenvalue weighted by Gasteiger charge is -2.34. The van der Waals surface area contributed by atoms with E-state index in [0.29, 0.717) is 29.9 Å². The van der Waals surface area contributed by atoms with Crippen LogP contribution in [0.5, 0.6) is 0 Å². The summed E-state index contributed by atoms with van der Waals surface area (Å²) in [5.41, 5.74) is 0.438. The van der Waals surface area contributed by atoms with E-state index in [1.54, 1.807) is 35.6 Å². The van der Waals surface area contributed by atoms with Crippen molar-refractivity contribution in [2.24, 2.45) is 0 Å². The van der Waals surface area contributed by atoms with Gasteiger partial charge in [-0.1, -0.05) is 23.7 Å². The van der Waals surface area contributed by atoms with E-state index in [1.165, 1.54) is 10.9 Å². The molecule has 2 aromatic heterocycles. The molecule has 0 bridgehead atoms. The third-order valence-corrected chi connectivity index (χ3v) is 6.34. The molecular weight excluding hydrogens is 411 g/mol. The Bertz CT molecular complexity index is 979. The number of nitrogens with zero attached hydrogens (tertiary/aromatic N) is 2. The number of benzene rings is 1. The molecule has 0 saturated carbocycles. The molecule has 0 aliphatic carbocycles. The van der Waals surface area contributed by atoms with E-state index in [4.69, 9.17) is 16.0 Å². The smallest absolute Gasteiger partial charge is 0.223 e. The maximum Gasteiger partial charge on any atom is 0.223 e. The van der Waals surface area contributed by atoms with Gasteiger partial charge in [0.2, 0.25) is 5.91 Å². The summed E-state index contributed by atoms with van der Waals surface area (Å²) in [6, 6.07) is 14.1. The van der Waals surface area contributed by atoms with E-state index < -0.39 is 0 Å². The molecule has 1 aromatic carbocycles. The molecule has 0 radical (unpaired) electrons. The van der Waals surface area contributed by atoms with E-state index in [9.17, 15) is 9.18 Å². The molecule has 0 spiro atoms. The van der Waals surface area contributed by atoms with Crippen LogP contribution < -0.4 is 0 Å². The van der Waals surface area contributed by atoms with Crippen LogP contribution in [-0.2, 0) is 17.8 Å².